The van der Waals surface area contributed by atoms with Crippen LogP contribution in [0.4, 0.5) is 0 Å². The summed E-state index contributed by atoms with van der Waals surface area (Å²) in [5.74, 6) is 2.59. The lowest BCUT2D eigenvalue weighted by atomic mass is 9.90. The molecule has 0 aromatic rings. The van der Waals surface area contributed by atoms with E-state index in [-0.39, 0.29) is 12.2 Å². The Morgan fingerprint density at radius 1 is 1.19 bits per heavy atom. The van der Waals surface area contributed by atoms with Crippen molar-refractivity contribution < 1.29 is 14.6 Å². The predicted octanol–water partition coefficient (Wildman–Crippen LogP) is 3.89. The minimum atomic E-state index is -0.869. The Kier molecular flexibility index (Phi) is 5.97. The molecule has 0 aromatic heterocycles. The average Bonchev–Trinajstić information content (AvgIpc) is 2.65. The maximum atomic E-state index is 10.3. The van der Waals surface area contributed by atoms with Crippen LogP contribution in [0.25, 0.3) is 0 Å². The molecule has 21 heavy (non-hydrogen) atoms. The molecule has 3 nitrogen and oxygen atoms in total. The summed E-state index contributed by atoms with van der Waals surface area (Å²) in [5, 5.41) is 10.3. The monoisotopic (exact) mass is 334 g/mol. The summed E-state index contributed by atoms with van der Waals surface area (Å²) in [6.45, 7) is 9.79. The molecule has 1 N–H and O–H groups in total. The highest BCUT2D eigenvalue weighted by molar-refractivity contribution is 8.17. The van der Waals surface area contributed by atoms with Crippen molar-refractivity contribution in [3.63, 3.8) is 0 Å². The smallest absolute Gasteiger partial charge is 0.163 e. The van der Waals surface area contributed by atoms with E-state index in [1.165, 1.54) is 24.3 Å². The predicted molar refractivity (Wildman–Crippen MR) is 91.8 cm³/mol. The summed E-state index contributed by atoms with van der Waals surface area (Å²) in [6, 6.07) is 0. The van der Waals surface area contributed by atoms with E-state index in [1.807, 2.05) is 27.7 Å². The second kappa shape index (κ2) is 7.00. The molecule has 2 heterocycles. The largest absolute Gasteiger partial charge is 0.388 e. The van der Waals surface area contributed by atoms with E-state index in [0.29, 0.717) is 5.92 Å². The van der Waals surface area contributed by atoms with Crippen LogP contribution < -0.4 is 0 Å². The fourth-order valence-electron chi connectivity index (χ4n) is 3.10. The molecule has 2 saturated heterocycles. The third-order valence-corrected chi connectivity index (χ3v) is 7.00. The minimum absolute atomic E-state index is 0.0198. The summed E-state index contributed by atoms with van der Waals surface area (Å²) in [5.41, 5.74) is -0.869. The molecule has 0 aromatic carbocycles. The molecule has 0 spiro atoms. The lowest BCUT2D eigenvalue weighted by molar-refractivity contribution is -0.165. The SMILES string of the molecule is C[C@H](CC1SCCCS1)C[C@@H]1OC(C)(C)OC1C(C)(C)O. The molecule has 0 aliphatic carbocycles. The van der Waals surface area contributed by atoms with Crippen molar-refractivity contribution >= 4 is 23.5 Å². The zero-order valence-corrected chi connectivity index (χ0v) is 15.6. The number of hydrogen-bond donors (Lipinski definition) is 1. The van der Waals surface area contributed by atoms with Crippen LogP contribution in [-0.2, 0) is 9.47 Å². The first-order valence-corrected chi connectivity index (χ1v) is 10.1. The second-order valence-electron chi connectivity index (χ2n) is 7.35. The van der Waals surface area contributed by atoms with E-state index < -0.39 is 11.4 Å². The van der Waals surface area contributed by atoms with Crippen LogP contribution in [0.1, 0.15) is 53.9 Å². The Bertz CT molecular complexity index is 335. The van der Waals surface area contributed by atoms with E-state index in [9.17, 15) is 5.11 Å². The average molecular weight is 335 g/mol. The van der Waals surface area contributed by atoms with Gasteiger partial charge in [0.2, 0.25) is 0 Å². The van der Waals surface area contributed by atoms with Gasteiger partial charge < -0.3 is 14.6 Å². The first kappa shape index (κ1) is 17.9. The van der Waals surface area contributed by atoms with Gasteiger partial charge in [-0.05, 0) is 64.4 Å². The number of rotatable bonds is 5. The van der Waals surface area contributed by atoms with Crippen LogP contribution in [0.2, 0.25) is 0 Å². The van der Waals surface area contributed by atoms with Crippen LogP contribution in [0.3, 0.4) is 0 Å². The maximum absolute atomic E-state index is 10.3. The van der Waals surface area contributed by atoms with Gasteiger partial charge in [0.05, 0.1) is 16.3 Å². The Hall–Kier alpha value is 0.580. The molecule has 0 amide bonds. The summed E-state index contributed by atoms with van der Waals surface area (Å²) < 4.78 is 12.7. The molecule has 2 aliphatic heterocycles. The fraction of sp³-hybridized carbons (Fsp3) is 1.00. The van der Waals surface area contributed by atoms with E-state index in [0.717, 1.165) is 11.0 Å². The summed E-state index contributed by atoms with van der Waals surface area (Å²) in [7, 11) is 0. The van der Waals surface area contributed by atoms with Crippen molar-refractivity contribution in [2.45, 2.75) is 82.1 Å². The lowest BCUT2D eigenvalue weighted by Gasteiger charge is -2.30. The van der Waals surface area contributed by atoms with Gasteiger partial charge in [-0.25, -0.2) is 0 Å². The molecule has 2 rings (SSSR count). The van der Waals surface area contributed by atoms with Gasteiger partial charge in [0.1, 0.15) is 6.10 Å². The summed E-state index contributed by atoms with van der Waals surface area (Å²) in [6.07, 6.45) is 3.24. The van der Waals surface area contributed by atoms with Crippen LogP contribution in [0.15, 0.2) is 0 Å². The quantitative estimate of drug-likeness (QED) is 0.826. The Morgan fingerprint density at radius 2 is 1.81 bits per heavy atom. The van der Waals surface area contributed by atoms with Crippen LogP contribution in [0, 0.1) is 5.92 Å². The van der Waals surface area contributed by atoms with E-state index in [2.05, 4.69) is 30.4 Å². The molecule has 3 atom stereocenters. The van der Waals surface area contributed by atoms with Gasteiger partial charge in [0.25, 0.3) is 0 Å². The fourth-order valence-corrected chi connectivity index (χ4v) is 6.32. The molecular weight excluding hydrogens is 304 g/mol. The normalized spacial score (nSPS) is 32.3. The molecule has 0 saturated carbocycles. The number of ether oxygens (including phenoxy) is 2. The molecule has 2 fully saturated rings. The number of hydrogen-bond acceptors (Lipinski definition) is 5. The van der Waals surface area contributed by atoms with Crippen molar-refractivity contribution in [1.29, 1.82) is 0 Å². The van der Waals surface area contributed by atoms with Crippen LogP contribution >= 0.6 is 23.5 Å². The van der Waals surface area contributed by atoms with Gasteiger partial charge >= 0.3 is 0 Å². The highest BCUT2D eigenvalue weighted by atomic mass is 32.2. The van der Waals surface area contributed by atoms with Gasteiger partial charge in [0, 0.05) is 0 Å². The molecule has 5 heteroatoms. The summed E-state index contributed by atoms with van der Waals surface area (Å²) >= 11 is 4.19. The molecule has 1 unspecified atom stereocenters. The van der Waals surface area contributed by atoms with Gasteiger partial charge in [-0.2, -0.15) is 0 Å². The molecule has 0 radical (unpaired) electrons. The van der Waals surface area contributed by atoms with E-state index in [1.54, 1.807) is 0 Å². The Balaban J connectivity index is 1.90. The first-order chi connectivity index (χ1) is 9.67. The molecule has 124 valence electrons. The number of aliphatic hydroxyl groups is 1. The zero-order valence-electron chi connectivity index (χ0n) is 13.9. The van der Waals surface area contributed by atoms with Gasteiger partial charge in [-0.1, -0.05) is 6.92 Å². The van der Waals surface area contributed by atoms with Crippen LogP contribution in [-0.4, -0.2) is 44.8 Å². The van der Waals surface area contributed by atoms with Gasteiger partial charge in [-0.15, -0.1) is 23.5 Å². The third kappa shape index (κ3) is 5.31. The van der Waals surface area contributed by atoms with E-state index >= 15 is 0 Å². The minimum Gasteiger partial charge on any atom is -0.388 e. The van der Waals surface area contributed by atoms with Crippen LogP contribution in [0.5, 0.6) is 0 Å². The number of thioether (sulfide) groups is 2. The Labute approximate surface area is 137 Å². The molecule has 2 aliphatic rings. The highest BCUT2D eigenvalue weighted by Crippen LogP contribution is 2.40. The third-order valence-electron chi connectivity index (χ3n) is 4.01. The molecular formula is C16H30O3S2. The zero-order chi connectivity index (χ0) is 15.7. The first-order valence-electron chi connectivity index (χ1n) is 7.98. The molecule has 0 bridgehead atoms. The van der Waals surface area contributed by atoms with Crippen molar-refractivity contribution in [3.8, 4) is 0 Å². The maximum Gasteiger partial charge on any atom is 0.163 e. The van der Waals surface area contributed by atoms with Crippen molar-refractivity contribution in [2.75, 3.05) is 11.5 Å². The van der Waals surface area contributed by atoms with Crippen molar-refractivity contribution in [2.24, 2.45) is 5.92 Å². The Morgan fingerprint density at radius 3 is 2.38 bits per heavy atom. The van der Waals surface area contributed by atoms with Crippen molar-refractivity contribution in [3.05, 3.63) is 0 Å². The van der Waals surface area contributed by atoms with Gasteiger partial charge in [0.15, 0.2) is 5.79 Å². The highest BCUT2D eigenvalue weighted by Gasteiger charge is 2.48. The van der Waals surface area contributed by atoms with Gasteiger partial charge in [-0.3, -0.25) is 0 Å². The topological polar surface area (TPSA) is 38.7 Å². The standard InChI is InChI=1S/C16H30O3S2/c1-11(10-13-20-7-6-8-21-13)9-12-14(15(2,3)17)19-16(4,5)18-12/h11-14,17H,6-10H2,1-5H3/t11-,12-,14?/m0/s1. The second-order valence-corrected chi connectivity index (χ2v) is 10.3. The van der Waals surface area contributed by atoms with E-state index in [4.69, 9.17) is 9.47 Å². The summed E-state index contributed by atoms with van der Waals surface area (Å²) in [4.78, 5) is 0. The van der Waals surface area contributed by atoms with Crippen molar-refractivity contribution in [1.82, 2.24) is 0 Å². The lowest BCUT2D eigenvalue weighted by Crippen LogP contribution is -2.43.